The van der Waals surface area contributed by atoms with Crippen LogP contribution in [-0.2, 0) is 11.0 Å². The van der Waals surface area contributed by atoms with Crippen LogP contribution in [0, 0.1) is 5.92 Å². The molecule has 1 fully saturated rings. The molecule has 0 aromatic carbocycles. The molecule has 1 aliphatic heterocycles. The van der Waals surface area contributed by atoms with Crippen LogP contribution in [0.2, 0.25) is 0 Å². The van der Waals surface area contributed by atoms with Gasteiger partial charge < -0.3 is 20.9 Å². The highest BCUT2D eigenvalue weighted by Crippen LogP contribution is 2.28. The predicted molar refractivity (Wildman–Crippen MR) is 122 cm³/mol. The van der Waals surface area contributed by atoms with Crippen molar-refractivity contribution in [1.29, 1.82) is 0 Å². The van der Waals surface area contributed by atoms with E-state index < -0.39 is 11.7 Å². The Balaban J connectivity index is 0.00000450. The number of guanidine groups is 1. The number of nitrogens with zero attached hydrogens (tertiary/aromatic N) is 3. The number of hydrogen-bond acceptors (Lipinski definition) is 4. The Morgan fingerprint density at radius 1 is 1.27 bits per heavy atom. The number of piperidine rings is 1. The molecule has 0 aliphatic carbocycles. The SMILES string of the molecule is CN=C(NCCCNc1ccc(C(F)(F)F)cn1)N1CCC(CC(=O)NC)CC1.I. The van der Waals surface area contributed by atoms with E-state index in [4.69, 9.17) is 0 Å². The van der Waals surface area contributed by atoms with Crippen LogP contribution in [0.1, 0.15) is 31.2 Å². The van der Waals surface area contributed by atoms with E-state index in [2.05, 4.69) is 30.8 Å². The maximum atomic E-state index is 12.5. The molecule has 11 heteroatoms. The Hall–Kier alpha value is -1.79. The molecule has 2 rings (SSSR count). The van der Waals surface area contributed by atoms with E-state index in [0.717, 1.165) is 50.6 Å². The summed E-state index contributed by atoms with van der Waals surface area (Å²) in [6.07, 6.45) is -0.308. The first-order chi connectivity index (χ1) is 13.8. The van der Waals surface area contributed by atoms with Gasteiger partial charge in [-0.3, -0.25) is 9.79 Å². The first-order valence-corrected chi connectivity index (χ1v) is 9.76. The molecule has 2 heterocycles. The van der Waals surface area contributed by atoms with Crippen LogP contribution in [0.25, 0.3) is 0 Å². The first-order valence-electron chi connectivity index (χ1n) is 9.76. The second-order valence-electron chi connectivity index (χ2n) is 6.99. The molecule has 0 saturated carbocycles. The van der Waals surface area contributed by atoms with E-state index in [1.54, 1.807) is 14.1 Å². The highest BCUT2D eigenvalue weighted by Gasteiger charge is 2.30. The molecule has 1 amide bonds. The fourth-order valence-corrected chi connectivity index (χ4v) is 3.22. The minimum atomic E-state index is -4.37. The molecule has 1 saturated heterocycles. The minimum absolute atomic E-state index is 0. The van der Waals surface area contributed by atoms with Gasteiger partial charge in [-0.15, -0.1) is 24.0 Å². The Morgan fingerprint density at radius 2 is 1.97 bits per heavy atom. The van der Waals surface area contributed by atoms with E-state index in [9.17, 15) is 18.0 Å². The van der Waals surface area contributed by atoms with Crippen LogP contribution in [-0.4, -0.2) is 62.0 Å². The minimum Gasteiger partial charge on any atom is -0.370 e. The molecule has 0 spiro atoms. The number of aromatic nitrogens is 1. The molecule has 3 N–H and O–H groups in total. The van der Waals surface area contributed by atoms with Crippen molar-refractivity contribution in [1.82, 2.24) is 20.5 Å². The van der Waals surface area contributed by atoms with Gasteiger partial charge in [0.1, 0.15) is 5.82 Å². The van der Waals surface area contributed by atoms with Crippen LogP contribution in [0.4, 0.5) is 19.0 Å². The molecule has 30 heavy (non-hydrogen) atoms. The van der Waals surface area contributed by atoms with E-state index in [1.807, 2.05) is 0 Å². The fourth-order valence-electron chi connectivity index (χ4n) is 3.22. The van der Waals surface area contributed by atoms with Gasteiger partial charge in [-0.25, -0.2) is 4.98 Å². The molecule has 170 valence electrons. The highest BCUT2D eigenvalue weighted by molar-refractivity contribution is 14.0. The summed E-state index contributed by atoms with van der Waals surface area (Å²) in [4.78, 5) is 21.8. The lowest BCUT2D eigenvalue weighted by Crippen LogP contribution is -2.46. The second kappa shape index (κ2) is 12.8. The van der Waals surface area contributed by atoms with Crippen molar-refractivity contribution in [2.24, 2.45) is 10.9 Å². The topological polar surface area (TPSA) is 81.7 Å². The monoisotopic (exact) mass is 542 g/mol. The molecule has 1 aromatic heterocycles. The first kappa shape index (κ1) is 26.2. The van der Waals surface area contributed by atoms with Gasteiger partial charge in [-0.05, 0) is 37.3 Å². The van der Waals surface area contributed by atoms with Gasteiger partial charge in [-0.1, -0.05) is 0 Å². The third-order valence-corrected chi connectivity index (χ3v) is 4.91. The lowest BCUT2D eigenvalue weighted by Gasteiger charge is -2.34. The van der Waals surface area contributed by atoms with Crippen molar-refractivity contribution in [3.63, 3.8) is 0 Å². The number of alkyl halides is 3. The maximum absolute atomic E-state index is 12.5. The average Bonchev–Trinajstić information content (AvgIpc) is 2.71. The summed E-state index contributed by atoms with van der Waals surface area (Å²) in [6, 6.07) is 2.35. The molecule has 0 atom stereocenters. The molecule has 0 bridgehead atoms. The Bertz CT molecular complexity index is 676. The van der Waals surface area contributed by atoms with Gasteiger partial charge in [0.15, 0.2) is 5.96 Å². The number of amides is 1. The zero-order valence-corrected chi connectivity index (χ0v) is 19.6. The number of likely N-dealkylation sites (tertiary alicyclic amines) is 1. The van der Waals surface area contributed by atoms with Crippen molar-refractivity contribution < 1.29 is 18.0 Å². The average molecular weight is 542 g/mol. The lowest BCUT2D eigenvalue weighted by molar-refractivity contribution is -0.137. The van der Waals surface area contributed by atoms with Gasteiger partial charge in [0.25, 0.3) is 0 Å². The molecule has 0 unspecified atom stereocenters. The van der Waals surface area contributed by atoms with Crippen molar-refractivity contribution in [2.75, 3.05) is 45.6 Å². The van der Waals surface area contributed by atoms with Crippen LogP contribution >= 0.6 is 24.0 Å². The predicted octanol–water partition coefficient (Wildman–Crippen LogP) is 2.94. The number of anilines is 1. The lowest BCUT2D eigenvalue weighted by atomic mass is 9.93. The van der Waals surface area contributed by atoms with Crippen LogP contribution in [0.5, 0.6) is 0 Å². The van der Waals surface area contributed by atoms with Crippen molar-refractivity contribution in [3.05, 3.63) is 23.9 Å². The maximum Gasteiger partial charge on any atom is 0.417 e. The van der Waals surface area contributed by atoms with Gasteiger partial charge in [0, 0.05) is 52.9 Å². The third kappa shape index (κ3) is 8.52. The Kier molecular flexibility index (Phi) is 11.2. The summed E-state index contributed by atoms with van der Waals surface area (Å²) < 4.78 is 37.6. The quantitative estimate of drug-likeness (QED) is 0.214. The largest absolute Gasteiger partial charge is 0.417 e. The van der Waals surface area contributed by atoms with Crippen LogP contribution in [0.15, 0.2) is 23.3 Å². The third-order valence-electron chi connectivity index (χ3n) is 4.91. The molecule has 1 aromatic rings. The zero-order valence-electron chi connectivity index (χ0n) is 17.3. The Morgan fingerprint density at radius 3 is 2.50 bits per heavy atom. The van der Waals surface area contributed by atoms with Crippen molar-refractivity contribution in [3.8, 4) is 0 Å². The Labute approximate surface area is 192 Å². The van der Waals surface area contributed by atoms with Crippen molar-refractivity contribution in [2.45, 2.75) is 31.9 Å². The number of rotatable bonds is 7. The van der Waals surface area contributed by atoms with E-state index >= 15 is 0 Å². The molecule has 1 aliphatic rings. The number of pyridine rings is 1. The van der Waals surface area contributed by atoms with Crippen molar-refractivity contribution >= 4 is 41.7 Å². The number of halogens is 4. The normalized spacial score (nSPS) is 15.4. The number of carbonyl (C=O) groups is 1. The van der Waals surface area contributed by atoms with Gasteiger partial charge in [0.2, 0.25) is 5.91 Å². The van der Waals surface area contributed by atoms with Gasteiger partial charge >= 0.3 is 6.18 Å². The molecular formula is C19H30F3IN6O. The number of nitrogens with one attached hydrogen (secondary N) is 3. The molecular weight excluding hydrogens is 512 g/mol. The summed E-state index contributed by atoms with van der Waals surface area (Å²) in [7, 11) is 3.40. The van der Waals surface area contributed by atoms with E-state index in [1.165, 1.54) is 6.07 Å². The van der Waals surface area contributed by atoms with Gasteiger partial charge in [-0.2, -0.15) is 13.2 Å². The smallest absolute Gasteiger partial charge is 0.370 e. The molecule has 7 nitrogen and oxygen atoms in total. The summed E-state index contributed by atoms with van der Waals surface area (Å²) in [5, 5.41) is 8.99. The summed E-state index contributed by atoms with van der Waals surface area (Å²) in [5.74, 6) is 1.74. The standard InChI is InChI=1S/C19H29F3N6O.HI/c1-23-17(29)12-14-6-10-28(11-7-14)18(24-2)26-9-3-8-25-16-5-4-15(13-27-16)19(20,21)22;/h4-5,13-14H,3,6-12H2,1-2H3,(H,23,29)(H,24,26)(H,25,27);1H. The van der Waals surface area contributed by atoms with Crippen LogP contribution < -0.4 is 16.0 Å². The summed E-state index contributed by atoms with van der Waals surface area (Å²) in [5.41, 5.74) is -0.757. The fraction of sp³-hybridized carbons (Fsp3) is 0.632. The van der Waals surface area contributed by atoms with E-state index in [0.29, 0.717) is 31.2 Å². The zero-order chi connectivity index (χ0) is 21.3. The molecule has 0 radical (unpaired) electrons. The summed E-state index contributed by atoms with van der Waals surface area (Å²) >= 11 is 0. The highest BCUT2D eigenvalue weighted by atomic mass is 127. The number of carbonyl (C=O) groups excluding carboxylic acids is 1. The van der Waals surface area contributed by atoms with E-state index in [-0.39, 0.29) is 29.9 Å². The number of hydrogen-bond donors (Lipinski definition) is 3. The summed E-state index contributed by atoms with van der Waals surface area (Å²) in [6.45, 7) is 2.97. The number of aliphatic imine (C=N–C) groups is 1. The second-order valence-corrected chi connectivity index (χ2v) is 6.99. The van der Waals surface area contributed by atoms with Crippen LogP contribution in [0.3, 0.4) is 0 Å². The van der Waals surface area contributed by atoms with Gasteiger partial charge in [0.05, 0.1) is 5.56 Å².